The molecule has 1 heterocycles. The molecule has 0 unspecified atom stereocenters. The fourth-order valence-corrected chi connectivity index (χ4v) is 7.97. The highest BCUT2D eigenvalue weighted by atomic mass is 32.2. The summed E-state index contributed by atoms with van der Waals surface area (Å²) in [6.45, 7) is 0. The van der Waals surface area contributed by atoms with Crippen molar-refractivity contribution in [1.82, 2.24) is 9.44 Å². The van der Waals surface area contributed by atoms with E-state index in [-0.39, 0.29) is 22.0 Å². The lowest BCUT2D eigenvalue weighted by Crippen LogP contribution is -2.32. The zero-order valence-electron chi connectivity index (χ0n) is 22.2. The number of nitrogens with one attached hydrogen (secondary N) is 3. The van der Waals surface area contributed by atoms with Gasteiger partial charge >= 0.3 is 11.9 Å². The summed E-state index contributed by atoms with van der Waals surface area (Å²) in [5.41, 5.74) is 0.597. The van der Waals surface area contributed by atoms with Crippen LogP contribution < -0.4 is 14.8 Å². The Morgan fingerprint density at radius 3 is 1.67 bits per heavy atom. The Morgan fingerprint density at radius 1 is 0.698 bits per heavy atom. The molecule has 12 nitrogen and oxygen atoms in total. The lowest BCUT2D eigenvalue weighted by atomic mass is 10.1. The van der Waals surface area contributed by atoms with E-state index in [2.05, 4.69) is 14.8 Å². The van der Waals surface area contributed by atoms with Crippen molar-refractivity contribution in [1.29, 1.82) is 0 Å². The van der Waals surface area contributed by atoms with Gasteiger partial charge in [0, 0.05) is 16.3 Å². The summed E-state index contributed by atoms with van der Waals surface area (Å²) in [5.74, 6) is -3.21. The number of rotatable bonds is 12. The topological polar surface area (TPSA) is 196 Å². The Hall–Kier alpha value is -4.63. The van der Waals surface area contributed by atoms with Gasteiger partial charge in [-0.05, 0) is 23.3 Å². The van der Waals surface area contributed by atoms with Gasteiger partial charge in [0.25, 0.3) is 5.91 Å². The van der Waals surface area contributed by atoms with Crippen LogP contribution in [0.4, 0.5) is 5.69 Å². The number of aliphatic carboxylic acids is 2. The van der Waals surface area contributed by atoms with Gasteiger partial charge in [0.2, 0.25) is 20.0 Å². The molecular weight excluding hydrogens is 598 g/mol. The zero-order valence-corrected chi connectivity index (χ0v) is 23.9. The van der Waals surface area contributed by atoms with Gasteiger partial charge in [-0.15, -0.1) is 0 Å². The standard InChI is InChI=1S/C29H25N3O9S2/c33-25(34)14-21(17-8-3-1-4-9-17)31-42(38,39)23-16-24(28-27-19(23)12-7-13-20(27)29(37)30-28)43(40,41)32-22(15-26(35)36)18-10-5-2-6-11-18/h1-13,16,21-22,31-32H,14-15H2,(H,30,37)(H,33,34)(H,35,36)/t21-,22+/m0/s1. The van der Waals surface area contributed by atoms with E-state index in [0.717, 1.165) is 6.07 Å². The number of anilines is 1. The molecule has 0 spiro atoms. The number of benzene rings is 4. The molecule has 4 aromatic carbocycles. The molecule has 0 fully saturated rings. The molecule has 43 heavy (non-hydrogen) atoms. The first kappa shape index (κ1) is 29.8. The summed E-state index contributed by atoms with van der Waals surface area (Å²) in [4.78, 5) is 35.0. The Morgan fingerprint density at radius 2 is 1.19 bits per heavy atom. The van der Waals surface area contributed by atoms with Gasteiger partial charge in [-0.2, -0.15) is 0 Å². The van der Waals surface area contributed by atoms with Gasteiger partial charge in [-0.1, -0.05) is 72.8 Å². The fourth-order valence-electron chi connectivity index (χ4n) is 5.02. The molecule has 1 aliphatic rings. The van der Waals surface area contributed by atoms with Crippen molar-refractivity contribution in [2.24, 2.45) is 0 Å². The molecule has 1 aliphatic heterocycles. The van der Waals surface area contributed by atoms with E-state index in [4.69, 9.17) is 0 Å². The van der Waals surface area contributed by atoms with E-state index in [1.54, 1.807) is 60.7 Å². The fraction of sp³-hybridized carbons (Fsp3) is 0.138. The molecule has 4 aromatic rings. The number of carboxylic acids is 2. The minimum Gasteiger partial charge on any atom is -0.481 e. The SMILES string of the molecule is O=C(O)C[C@H](NS(=O)(=O)c1cc(S(=O)(=O)N[C@H](CC(=O)O)c2ccccc2)c2c3c(cccc13)C(=O)N2)c1ccccc1. The van der Waals surface area contributed by atoms with Crippen LogP contribution >= 0.6 is 0 Å². The average Bonchev–Trinajstić information content (AvgIpc) is 3.29. The normalized spacial score (nSPS) is 14.3. The Labute approximate surface area is 246 Å². The second kappa shape index (κ2) is 11.6. The summed E-state index contributed by atoms with van der Waals surface area (Å²) in [5, 5.41) is 21.5. The van der Waals surface area contributed by atoms with Crippen molar-refractivity contribution in [3.05, 3.63) is 102 Å². The first-order valence-electron chi connectivity index (χ1n) is 12.9. The van der Waals surface area contributed by atoms with Crippen molar-refractivity contribution in [2.75, 3.05) is 5.32 Å². The molecule has 0 aromatic heterocycles. The summed E-state index contributed by atoms with van der Waals surface area (Å²) in [6.07, 6.45) is -1.23. The van der Waals surface area contributed by atoms with E-state index in [1.165, 1.54) is 18.2 Å². The number of hydrogen-bond acceptors (Lipinski definition) is 7. The van der Waals surface area contributed by atoms with Gasteiger partial charge in [0.05, 0.1) is 35.5 Å². The van der Waals surface area contributed by atoms with E-state index in [1.807, 2.05) is 0 Å². The second-order valence-electron chi connectivity index (χ2n) is 9.79. The van der Waals surface area contributed by atoms with Crippen LogP contribution in [-0.4, -0.2) is 44.9 Å². The van der Waals surface area contributed by atoms with E-state index in [9.17, 15) is 41.4 Å². The highest BCUT2D eigenvalue weighted by Crippen LogP contribution is 2.42. The van der Waals surface area contributed by atoms with Crippen molar-refractivity contribution < 1.29 is 41.4 Å². The van der Waals surface area contributed by atoms with Crippen molar-refractivity contribution in [3.8, 4) is 0 Å². The third kappa shape index (κ3) is 6.12. The largest absolute Gasteiger partial charge is 0.481 e. The van der Waals surface area contributed by atoms with Gasteiger partial charge in [0.1, 0.15) is 4.90 Å². The Kier molecular flexibility index (Phi) is 8.03. The number of amides is 1. The smallest absolute Gasteiger partial charge is 0.305 e. The van der Waals surface area contributed by atoms with Crippen molar-refractivity contribution in [2.45, 2.75) is 34.7 Å². The van der Waals surface area contributed by atoms with Crippen LogP contribution in [0.5, 0.6) is 0 Å². The van der Waals surface area contributed by atoms with Crippen molar-refractivity contribution in [3.63, 3.8) is 0 Å². The molecule has 222 valence electrons. The van der Waals surface area contributed by atoms with Gasteiger partial charge in [0.15, 0.2) is 0 Å². The highest BCUT2D eigenvalue weighted by molar-refractivity contribution is 7.90. The zero-order chi connectivity index (χ0) is 30.9. The van der Waals surface area contributed by atoms with E-state index < -0.39 is 72.6 Å². The predicted molar refractivity (Wildman–Crippen MR) is 155 cm³/mol. The van der Waals surface area contributed by atoms with Crippen LogP contribution in [0.15, 0.2) is 94.7 Å². The number of sulfonamides is 2. The van der Waals surface area contributed by atoms with Crippen LogP contribution in [0.25, 0.3) is 10.8 Å². The molecule has 14 heteroatoms. The average molecular weight is 624 g/mol. The summed E-state index contributed by atoms with van der Waals surface area (Å²) in [6, 6.07) is 18.7. The summed E-state index contributed by atoms with van der Waals surface area (Å²) in [7, 11) is -9.30. The lowest BCUT2D eigenvalue weighted by Gasteiger charge is -2.21. The minimum atomic E-state index is -4.67. The Balaban J connectivity index is 1.67. The number of hydrogen-bond donors (Lipinski definition) is 5. The highest BCUT2D eigenvalue weighted by Gasteiger charge is 2.36. The third-order valence-electron chi connectivity index (χ3n) is 6.91. The first-order valence-corrected chi connectivity index (χ1v) is 15.8. The van der Waals surface area contributed by atoms with Crippen LogP contribution in [0, 0.1) is 0 Å². The number of carbonyl (C=O) groups is 3. The van der Waals surface area contributed by atoms with Crippen LogP contribution in [0.1, 0.15) is 46.4 Å². The first-order chi connectivity index (χ1) is 20.4. The Bertz CT molecular complexity index is 1960. The van der Waals surface area contributed by atoms with E-state index >= 15 is 0 Å². The van der Waals surface area contributed by atoms with Gasteiger partial charge < -0.3 is 15.5 Å². The van der Waals surface area contributed by atoms with Crippen molar-refractivity contribution >= 4 is 54.4 Å². The van der Waals surface area contributed by atoms with Crippen LogP contribution in [0.2, 0.25) is 0 Å². The molecule has 5 rings (SSSR count). The molecule has 1 amide bonds. The lowest BCUT2D eigenvalue weighted by molar-refractivity contribution is -0.138. The quantitative estimate of drug-likeness (QED) is 0.157. The maximum absolute atomic E-state index is 13.9. The molecule has 0 saturated carbocycles. The molecule has 0 radical (unpaired) electrons. The molecule has 0 saturated heterocycles. The summed E-state index contributed by atoms with van der Waals surface area (Å²) < 4.78 is 60.3. The van der Waals surface area contributed by atoms with Crippen LogP contribution in [-0.2, 0) is 29.6 Å². The van der Waals surface area contributed by atoms with Gasteiger partial charge in [-0.3, -0.25) is 14.4 Å². The summed E-state index contributed by atoms with van der Waals surface area (Å²) >= 11 is 0. The van der Waals surface area contributed by atoms with Gasteiger partial charge in [-0.25, -0.2) is 26.3 Å². The maximum Gasteiger partial charge on any atom is 0.305 e. The molecule has 2 atom stereocenters. The number of carboxylic acid groups (broad SMARTS) is 2. The third-order valence-corrected chi connectivity index (χ3v) is 9.91. The van der Waals surface area contributed by atoms with E-state index in [0.29, 0.717) is 11.1 Å². The second-order valence-corrected chi connectivity index (χ2v) is 13.2. The molecule has 0 aliphatic carbocycles. The monoisotopic (exact) mass is 623 g/mol. The number of carbonyl (C=O) groups excluding carboxylic acids is 1. The molecular formula is C29H25N3O9S2. The molecule has 5 N–H and O–H groups in total. The maximum atomic E-state index is 13.9. The molecule has 0 bridgehead atoms. The van der Waals surface area contributed by atoms with Crippen LogP contribution in [0.3, 0.4) is 0 Å². The minimum absolute atomic E-state index is 0.0320. The predicted octanol–water partition coefficient (Wildman–Crippen LogP) is 3.39.